The van der Waals surface area contributed by atoms with Crippen LogP contribution in [0.4, 0.5) is 30.2 Å². The molecule has 24 heteroatoms. The number of carbonyl (C=O) groups excluding carboxylic acids is 6. The summed E-state index contributed by atoms with van der Waals surface area (Å²) in [4.78, 5) is 95.7. The molecule has 510 valence electrons. The number of hydrogen-bond donors (Lipinski definition) is 3. The molecule has 3 aliphatic heterocycles. The molecular formula is C75H75F3N12O9. The predicted octanol–water partition coefficient (Wildman–Crippen LogP) is 8.63. The van der Waals surface area contributed by atoms with Crippen molar-refractivity contribution in [3.8, 4) is 17.2 Å². The van der Waals surface area contributed by atoms with E-state index in [0.29, 0.717) is 98.4 Å². The molecule has 6 amide bonds. The molecule has 99 heavy (non-hydrogen) atoms. The van der Waals surface area contributed by atoms with Crippen LogP contribution in [0, 0.1) is 17.8 Å². The molecule has 3 aromatic heterocycles. The normalized spacial score (nSPS) is 13.5. The molecule has 0 unspecified atom stereocenters. The van der Waals surface area contributed by atoms with Gasteiger partial charge < -0.3 is 59.6 Å². The van der Waals surface area contributed by atoms with E-state index in [1.165, 1.54) is 36.7 Å². The molecule has 3 fully saturated rings. The lowest BCUT2D eigenvalue weighted by Crippen LogP contribution is -2.51. The number of amides is 6. The Labute approximate surface area is 571 Å². The van der Waals surface area contributed by atoms with Gasteiger partial charge in [0.1, 0.15) is 37.1 Å². The largest absolute Gasteiger partial charge is 0.489 e. The number of rotatable bonds is 21. The molecule has 9 aromatic rings. The van der Waals surface area contributed by atoms with E-state index in [1.807, 2.05) is 164 Å². The monoisotopic (exact) mass is 1340 g/mol. The fourth-order valence-corrected chi connectivity index (χ4v) is 10.8. The number of carbonyl (C=O) groups is 6. The summed E-state index contributed by atoms with van der Waals surface area (Å²) in [5.74, 6) is -1.95. The number of halogens is 3. The molecule has 21 nitrogen and oxygen atoms in total. The molecule has 3 saturated heterocycles. The first kappa shape index (κ1) is 70.0. The number of ether oxygens (including phenoxy) is 3. The highest BCUT2D eigenvalue weighted by Gasteiger charge is 2.26. The van der Waals surface area contributed by atoms with Crippen LogP contribution in [0.2, 0.25) is 0 Å². The second-order valence-corrected chi connectivity index (χ2v) is 23.0. The van der Waals surface area contributed by atoms with E-state index >= 15 is 0 Å². The number of pyridine rings is 3. The van der Waals surface area contributed by atoms with Gasteiger partial charge in [-0.05, 0) is 120 Å². The zero-order chi connectivity index (χ0) is 69.1. The van der Waals surface area contributed by atoms with Crippen LogP contribution in [0.25, 0.3) is 0 Å². The standard InChI is InChI=1S/3C25H25FN4O3/c26-24-22(7-4-12-27-24)25(32)28-17-23(31)30-15-13-29(14-16-30)20-8-10-21(11-9-20)33-18-19-5-2-1-3-6-19;26-23-11-6-20(16-27-23)25(32)28-17-24(31)30-14-12-29(13-15-30)21-7-9-22(10-8-21)33-18-19-4-2-1-3-5-19;26-23-16-20(10-11-27-23)25(32)28-17-24(31)30-14-12-29(13-15-30)21-6-8-22(9-7-21)33-18-19-4-2-1-3-5-19/h1-12H,13-18H2,(H,28,32);2*1-11,16H,12-15,17-18H2,(H,28,32). The average Bonchev–Trinajstić information content (AvgIpc) is 0.903. The van der Waals surface area contributed by atoms with E-state index in [1.54, 1.807) is 14.7 Å². The van der Waals surface area contributed by atoms with Crippen molar-refractivity contribution in [1.82, 2.24) is 45.6 Å². The lowest BCUT2D eigenvalue weighted by atomic mass is 10.2. The molecule has 6 heterocycles. The molecule has 0 bridgehead atoms. The summed E-state index contributed by atoms with van der Waals surface area (Å²) < 4.78 is 57.1. The number of piperazine rings is 3. The highest BCUT2D eigenvalue weighted by Crippen LogP contribution is 2.25. The SMILES string of the molecule is O=C(NCC(=O)N1CCN(c2ccc(OCc3ccccc3)cc2)CC1)c1ccc(F)nc1.O=C(NCC(=O)N1CCN(c2ccc(OCc3ccccc3)cc2)CC1)c1cccnc1F.O=C(NCC(=O)N1CCN(c2ccc(OCc3ccccc3)cc2)CC1)c1ccnc(F)c1. The Morgan fingerprint density at radius 3 is 1.08 bits per heavy atom. The topological polar surface area (TPSA) is 224 Å². The van der Waals surface area contributed by atoms with Gasteiger partial charge in [0.15, 0.2) is 0 Å². The second-order valence-electron chi connectivity index (χ2n) is 23.0. The first-order valence-electron chi connectivity index (χ1n) is 32.3. The number of nitrogens with one attached hydrogen (secondary N) is 3. The van der Waals surface area contributed by atoms with Crippen LogP contribution in [0.5, 0.6) is 17.2 Å². The number of hydrogen-bond acceptors (Lipinski definition) is 15. The van der Waals surface area contributed by atoms with Crippen molar-refractivity contribution in [2.75, 3.05) is 113 Å². The highest BCUT2D eigenvalue weighted by atomic mass is 19.1. The third kappa shape index (κ3) is 21.3. The number of anilines is 3. The van der Waals surface area contributed by atoms with Crippen LogP contribution in [-0.4, -0.2) is 163 Å². The van der Waals surface area contributed by atoms with Crippen molar-refractivity contribution >= 4 is 52.5 Å². The number of aromatic nitrogens is 3. The van der Waals surface area contributed by atoms with Gasteiger partial charge in [-0.1, -0.05) is 91.0 Å². The Morgan fingerprint density at radius 1 is 0.354 bits per heavy atom. The van der Waals surface area contributed by atoms with Crippen molar-refractivity contribution in [3.63, 3.8) is 0 Å². The van der Waals surface area contributed by atoms with Gasteiger partial charge in [0.25, 0.3) is 17.7 Å². The Balaban J connectivity index is 0.000000161. The number of benzene rings is 6. The lowest BCUT2D eigenvalue weighted by Gasteiger charge is -2.36. The summed E-state index contributed by atoms with van der Waals surface area (Å²) in [7, 11) is 0. The van der Waals surface area contributed by atoms with Gasteiger partial charge in [0.05, 0.1) is 30.8 Å². The van der Waals surface area contributed by atoms with Crippen LogP contribution < -0.4 is 44.9 Å². The van der Waals surface area contributed by atoms with Gasteiger partial charge in [-0.3, -0.25) is 28.8 Å². The fraction of sp³-hybridized carbons (Fsp3) is 0.240. The summed E-state index contributed by atoms with van der Waals surface area (Å²) >= 11 is 0. The zero-order valence-corrected chi connectivity index (χ0v) is 54.3. The van der Waals surface area contributed by atoms with Crippen molar-refractivity contribution in [2.24, 2.45) is 0 Å². The minimum Gasteiger partial charge on any atom is -0.489 e. The van der Waals surface area contributed by atoms with E-state index in [2.05, 4.69) is 45.6 Å². The molecule has 0 spiro atoms. The Bertz CT molecular complexity index is 4070. The zero-order valence-electron chi connectivity index (χ0n) is 54.3. The van der Waals surface area contributed by atoms with Gasteiger partial charge >= 0.3 is 0 Å². The Kier molecular flexibility index (Phi) is 25.3. The van der Waals surface area contributed by atoms with Crippen molar-refractivity contribution in [1.29, 1.82) is 0 Å². The maximum atomic E-state index is 13.6. The quantitative estimate of drug-likeness (QED) is 0.0573. The first-order valence-corrected chi connectivity index (χ1v) is 32.3. The molecule has 12 rings (SSSR count). The second kappa shape index (κ2) is 35.8. The van der Waals surface area contributed by atoms with E-state index in [9.17, 15) is 41.9 Å². The molecule has 0 atom stereocenters. The maximum Gasteiger partial charge on any atom is 0.256 e. The number of nitrogens with zero attached hydrogens (tertiary/aromatic N) is 9. The molecular weight excluding hydrogens is 1270 g/mol. The van der Waals surface area contributed by atoms with Gasteiger partial charge in [-0.15, -0.1) is 0 Å². The first-order chi connectivity index (χ1) is 48.3. The van der Waals surface area contributed by atoms with Crippen LogP contribution >= 0.6 is 0 Å². The van der Waals surface area contributed by atoms with Gasteiger partial charge in [-0.2, -0.15) is 13.2 Å². The summed E-state index contributed by atoms with van der Waals surface area (Å²) in [6, 6.07) is 61.5. The smallest absolute Gasteiger partial charge is 0.256 e. The van der Waals surface area contributed by atoms with Crippen LogP contribution in [0.1, 0.15) is 47.8 Å². The van der Waals surface area contributed by atoms with E-state index in [0.717, 1.165) is 69.3 Å². The summed E-state index contributed by atoms with van der Waals surface area (Å²) in [5.41, 5.74) is 6.74. The third-order valence-electron chi connectivity index (χ3n) is 16.4. The van der Waals surface area contributed by atoms with E-state index < -0.39 is 35.6 Å². The third-order valence-corrected chi connectivity index (χ3v) is 16.4. The molecule has 0 radical (unpaired) electrons. The van der Waals surface area contributed by atoms with Crippen molar-refractivity contribution in [3.05, 3.63) is 270 Å². The van der Waals surface area contributed by atoms with Crippen molar-refractivity contribution in [2.45, 2.75) is 19.8 Å². The van der Waals surface area contributed by atoms with Crippen molar-refractivity contribution < 1.29 is 56.1 Å². The molecule has 3 N–H and O–H groups in total. The lowest BCUT2D eigenvalue weighted by molar-refractivity contribution is -0.131. The van der Waals surface area contributed by atoms with Crippen LogP contribution in [0.3, 0.4) is 0 Å². The average molecular weight is 1350 g/mol. The van der Waals surface area contributed by atoms with E-state index in [-0.39, 0.29) is 54.0 Å². The minimum atomic E-state index is -0.854. The van der Waals surface area contributed by atoms with Crippen LogP contribution in [-0.2, 0) is 34.2 Å². The molecule has 3 aliphatic rings. The maximum absolute atomic E-state index is 13.6. The summed E-state index contributed by atoms with van der Waals surface area (Å²) in [6.07, 6.45) is 3.63. The Hall–Kier alpha value is -11.8. The van der Waals surface area contributed by atoms with Gasteiger partial charge in [0.2, 0.25) is 35.6 Å². The predicted molar refractivity (Wildman–Crippen MR) is 368 cm³/mol. The highest BCUT2D eigenvalue weighted by molar-refractivity contribution is 5.97. The Morgan fingerprint density at radius 2 is 0.727 bits per heavy atom. The molecule has 6 aromatic carbocycles. The van der Waals surface area contributed by atoms with Gasteiger partial charge in [0, 0.05) is 126 Å². The fourth-order valence-electron chi connectivity index (χ4n) is 10.8. The van der Waals surface area contributed by atoms with Gasteiger partial charge in [-0.25, -0.2) is 15.0 Å². The van der Waals surface area contributed by atoms with Crippen LogP contribution in [0.15, 0.2) is 219 Å². The van der Waals surface area contributed by atoms with E-state index in [4.69, 9.17) is 14.2 Å². The molecule has 0 aliphatic carbocycles. The molecule has 0 saturated carbocycles. The minimum absolute atomic E-state index is 0.107. The summed E-state index contributed by atoms with van der Waals surface area (Å²) in [5, 5.41) is 7.58. The summed E-state index contributed by atoms with van der Waals surface area (Å²) in [6.45, 7) is 8.64.